The first-order chi connectivity index (χ1) is 5.77. The Bertz CT molecular complexity index is 258. The Labute approximate surface area is 73.0 Å². The summed E-state index contributed by atoms with van der Waals surface area (Å²) in [5.74, 6) is 0. The van der Waals surface area contributed by atoms with Gasteiger partial charge in [-0.25, -0.2) is 0 Å². The molecule has 1 rings (SSSR count). The average molecular weight is 165 g/mol. The molecule has 12 heavy (non-hydrogen) atoms. The number of nitrogens with two attached hydrogens (primary N) is 1. The van der Waals surface area contributed by atoms with Crippen LogP contribution in [0.25, 0.3) is 0 Å². The molecule has 4 N–H and O–H groups in total. The van der Waals surface area contributed by atoms with Crippen molar-refractivity contribution in [1.82, 2.24) is 0 Å². The quantitative estimate of drug-likeness (QED) is 0.598. The zero-order valence-electron chi connectivity index (χ0n) is 7.52. The number of nitrogens with one attached hydrogen (secondary N) is 2. The van der Waals surface area contributed by atoms with Crippen LogP contribution in [0.5, 0.6) is 0 Å². The Balaban J connectivity index is 2.87. The Morgan fingerprint density at radius 2 is 2.17 bits per heavy atom. The van der Waals surface area contributed by atoms with Crippen molar-refractivity contribution in [3.63, 3.8) is 0 Å². The number of hydrogen-bond donors (Lipinski definition) is 3. The molecule has 3 heteroatoms. The minimum atomic E-state index is 0.781. The monoisotopic (exact) mass is 165 g/mol. The summed E-state index contributed by atoms with van der Waals surface area (Å²) in [7, 11) is 1.88. The van der Waals surface area contributed by atoms with Gasteiger partial charge in [-0.3, -0.25) is 0 Å². The molecule has 0 aliphatic heterocycles. The second-order valence-corrected chi connectivity index (χ2v) is 2.58. The van der Waals surface area contributed by atoms with Gasteiger partial charge < -0.3 is 16.4 Å². The first kappa shape index (κ1) is 8.71. The number of anilines is 3. The molecule has 0 spiro atoms. The molecule has 0 atom stereocenters. The summed E-state index contributed by atoms with van der Waals surface area (Å²) in [6.45, 7) is 2.94. The highest BCUT2D eigenvalue weighted by atomic mass is 14.9. The first-order valence-electron chi connectivity index (χ1n) is 4.09. The third kappa shape index (κ3) is 1.81. The lowest BCUT2D eigenvalue weighted by Crippen LogP contribution is -2.01. The Morgan fingerprint density at radius 1 is 1.42 bits per heavy atom. The predicted octanol–water partition coefficient (Wildman–Crippen LogP) is 1.74. The molecule has 0 heterocycles. The molecule has 0 radical (unpaired) electrons. The van der Waals surface area contributed by atoms with Crippen LogP contribution in [0.1, 0.15) is 6.92 Å². The molecule has 0 saturated carbocycles. The van der Waals surface area contributed by atoms with Crippen molar-refractivity contribution < 1.29 is 0 Å². The minimum absolute atomic E-state index is 0.781. The van der Waals surface area contributed by atoms with Crippen molar-refractivity contribution in [3.05, 3.63) is 18.2 Å². The molecular formula is C9H15N3. The molecule has 0 amide bonds. The van der Waals surface area contributed by atoms with Crippen molar-refractivity contribution in [2.45, 2.75) is 6.92 Å². The van der Waals surface area contributed by atoms with Crippen molar-refractivity contribution in [3.8, 4) is 0 Å². The van der Waals surface area contributed by atoms with Gasteiger partial charge in [0.2, 0.25) is 0 Å². The normalized spacial score (nSPS) is 9.50. The Hall–Kier alpha value is -1.38. The molecule has 3 nitrogen and oxygen atoms in total. The molecule has 0 bridgehead atoms. The highest BCUT2D eigenvalue weighted by Crippen LogP contribution is 2.21. The lowest BCUT2D eigenvalue weighted by atomic mass is 10.2. The maximum Gasteiger partial charge on any atom is 0.0575 e. The molecule has 0 fully saturated rings. The van der Waals surface area contributed by atoms with Crippen LogP contribution in [0.3, 0.4) is 0 Å². The number of hydrogen-bond acceptors (Lipinski definition) is 3. The van der Waals surface area contributed by atoms with Crippen LogP contribution in [-0.2, 0) is 0 Å². The average Bonchev–Trinajstić information content (AvgIpc) is 2.09. The predicted molar refractivity (Wildman–Crippen MR) is 54.6 cm³/mol. The van der Waals surface area contributed by atoms with Gasteiger partial charge >= 0.3 is 0 Å². The highest BCUT2D eigenvalue weighted by Gasteiger charge is 1.97. The van der Waals surface area contributed by atoms with Gasteiger partial charge in [0, 0.05) is 19.3 Å². The summed E-state index contributed by atoms with van der Waals surface area (Å²) in [5.41, 5.74) is 8.59. The fraction of sp³-hybridized carbons (Fsp3) is 0.333. The van der Waals surface area contributed by atoms with Crippen molar-refractivity contribution >= 4 is 17.1 Å². The summed E-state index contributed by atoms with van der Waals surface area (Å²) in [5, 5.41) is 6.20. The van der Waals surface area contributed by atoms with Crippen LogP contribution >= 0.6 is 0 Å². The number of rotatable bonds is 3. The van der Waals surface area contributed by atoms with E-state index in [0.717, 1.165) is 23.6 Å². The van der Waals surface area contributed by atoms with Gasteiger partial charge in [-0.2, -0.15) is 0 Å². The van der Waals surface area contributed by atoms with Crippen LogP contribution in [0.4, 0.5) is 17.1 Å². The van der Waals surface area contributed by atoms with Gasteiger partial charge in [0.25, 0.3) is 0 Å². The first-order valence-corrected chi connectivity index (χ1v) is 4.09. The Morgan fingerprint density at radius 3 is 2.67 bits per heavy atom. The van der Waals surface area contributed by atoms with E-state index in [0.29, 0.717) is 0 Å². The van der Waals surface area contributed by atoms with Gasteiger partial charge in [-0.05, 0) is 25.1 Å². The van der Waals surface area contributed by atoms with Gasteiger partial charge in [0.1, 0.15) is 0 Å². The maximum absolute atomic E-state index is 5.78. The second-order valence-electron chi connectivity index (χ2n) is 2.58. The largest absolute Gasteiger partial charge is 0.397 e. The minimum Gasteiger partial charge on any atom is -0.397 e. The second kappa shape index (κ2) is 3.85. The summed E-state index contributed by atoms with van der Waals surface area (Å²) < 4.78 is 0. The fourth-order valence-corrected chi connectivity index (χ4v) is 1.07. The van der Waals surface area contributed by atoms with Crippen molar-refractivity contribution in [2.24, 2.45) is 0 Å². The van der Waals surface area contributed by atoms with Gasteiger partial charge in [-0.1, -0.05) is 0 Å². The molecule has 1 aromatic carbocycles. The molecule has 0 aliphatic carbocycles. The third-order valence-electron chi connectivity index (χ3n) is 1.71. The SMILES string of the molecule is CCNc1ccc(NC)cc1N. The maximum atomic E-state index is 5.78. The molecule has 0 aliphatic rings. The topological polar surface area (TPSA) is 50.1 Å². The van der Waals surface area contributed by atoms with Crippen LogP contribution in [0, 0.1) is 0 Å². The third-order valence-corrected chi connectivity index (χ3v) is 1.71. The van der Waals surface area contributed by atoms with E-state index >= 15 is 0 Å². The summed E-state index contributed by atoms with van der Waals surface area (Å²) in [4.78, 5) is 0. The standard InChI is InChI=1S/C9H15N3/c1-3-12-9-5-4-7(11-2)6-8(9)10/h4-6,11-12H,3,10H2,1-2H3. The summed E-state index contributed by atoms with van der Waals surface area (Å²) in [6, 6.07) is 5.89. The fourth-order valence-electron chi connectivity index (χ4n) is 1.07. The number of benzene rings is 1. The van der Waals surface area contributed by atoms with Crippen molar-refractivity contribution in [1.29, 1.82) is 0 Å². The van der Waals surface area contributed by atoms with E-state index in [-0.39, 0.29) is 0 Å². The molecular weight excluding hydrogens is 150 g/mol. The van der Waals surface area contributed by atoms with E-state index in [1.54, 1.807) is 0 Å². The van der Waals surface area contributed by atoms with E-state index in [9.17, 15) is 0 Å². The Kier molecular flexibility index (Phi) is 2.80. The van der Waals surface area contributed by atoms with Gasteiger partial charge in [0.15, 0.2) is 0 Å². The van der Waals surface area contributed by atoms with Crippen LogP contribution in [-0.4, -0.2) is 13.6 Å². The van der Waals surface area contributed by atoms with E-state index in [4.69, 9.17) is 5.73 Å². The van der Waals surface area contributed by atoms with E-state index in [2.05, 4.69) is 10.6 Å². The molecule has 1 aromatic rings. The molecule has 0 aromatic heterocycles. The van der Waals surface area contributed by atoms with E-state index < -0.39 is 0 Å². The van der Waals surface area contributed by atoms with E-state index in [1.165, 1.54) is 0 Å². The zero-order valence-corrected chi connectivity index (χ0v) is 7.52. The van der Waals surface area contributed by atoms with Crippen molar-refractivity contribution in [2.75, 3.05) is 30.0 Å². The van der Waals surface area contributed by atoms with Crippen LogP contribution < -0.4 is 16.4 Å². The highest BCUT2D eigenvalue weighted by molar-refractivity contribution is 5.71. The lowest BCUT2D eigenvalue weighted by molar-refractivity contribution is 1.21. The smallest absolute Gasteiger partial charge is 0.0575 e. The molecule has 0 saturated heterocycles. The lowest BCUT2D eigenvalue weighted by Gasteiger charge is -2.08. The van der Waals surface area contributed by atoms with Crippen LogP contribution in [0.2, 0.25) is 0 Å². The van der Waals surface area contributed by atoms with Gasteiger partial charge in [0.05, 0.1) is 11.4 Å². The number of nitrogen functional groups attached to an aromatic ring is 1. The molecule has 66 valence electrons. The van der Waals surface area contributed by atoms with Crippen LogP contribution in [0.15, 0.2) is 18.2 Å². The van der Waals surface area contributed by atoms with E-state index in [1.807, 2.05) is 32.2 Å². The summed E-state index contributed by atoms with van der Waals surface area (Å²) >= 11 is 0. The van der Waals surface area contributed by atoms with Gasteiger partial charge in [-0.15, -0.1) is 0 Å². The molecule has 0 unspecified atom stereocenters. The zero-order chi connectivity index (χ0) is 8.97. The summed E-state index contributed by atoms with van der Waals surface area (Å²) in [6.07, 6.45) is 0.